The van der Waals surface area contributed by atoms with Gasteiger partial charge in [-0.1, -0.05) is 12.1 Å². The lowest BCUT2D eigenvalue weighted by atomic mass is 10.0. The van der Waals surface area contributed by atoms with Crippen molar-refractivity contribution in [2.75, 3.05) is 0 Å². The molecule has 0 aromatic carbocycles. The Bertz CT molecular complexity index is 568. The van der Waals surface area contributed by atoms with Crippen LogP contribution in [0.15, 0.2) is 22.9 Å². The fourth-order valence-corrected chi connectivity index (χ4v) is 1.62. The predicted octanol–water partition coefficient (Wildman–Crippen LogP) is 1.92. The molecule has 0 fully saturated rings. The van der Waals surface area contributed by atoms with Crippen LogP contribution in [0.4, 0.5) is 4.39 Å². The molecule has 19 heavy (non-hydrogen) atoms. The van der Waals surface area contributed by atoms with Crippen LogP contribution < -0.4 is 0 Å². The largest absolute Gasteiger partial charge is 0.481 e. The van der Waals surface area contributed by atoms with Crippen molar-refractivity contribution in [2.45, 2.75) is 19.8 Å². The highest BCUT2D eigenvalue weighted by atomic mass is 19.1. The minimum absolute atomic E-state index is 0.0342. The number of pyridine rings is 1. The molecule has 7 heteroatoms. The fraction of sp³-hybridized carbons (Fsp3) is 0.333. The van der Waals surface area contributed by atoms with E-state index < -0.39 is 11.8 Å². The van der Waals surface area contributed by atoms with Gasteiger partial charge in [0.25, 0.3) is 0 Å². The smallest absolute Gasteiger partial charge is 0.303 e. The highest BCUT2D eigenvalue weighted by Crippen LogP contribution is 2.16. The summed E-state index contributed by atoms with van der Waals surface area (Å²) >= 11 is 0. The lowest BCUT2D eigenvalue weighted by Crippen LogP contribution is -2.07. The van der Waals surface area contributed by atoms with Crippen molar-refractivity contribution in [2.24, 2.45) is 5.92 Å². The molecule has 0 aliphatic carbocycles. The van der Waals surface area contributed by atoms with Gasteiger partial charge in [-0.05, 0) is 18.1 Å². The van der Waals surface area contributed by atoms with E-state index in [-0.39, 0.29) is 18.2 Å². The molecule has 0 amide bonds. The summed E-state index contributed by atoms with van der Waals surface area (Å²) in [5.74, 6) is -0.811. The van der Waals surface area contributed by atoms with Crippen LogP contribution in [0.2, 0.25) is 0 Å². The number of rotatable bonds is 5. The molecule has 0 saturated heterocycles. The molecule has 2 aromatic heterocycles. The summed E-state index contributed by atoms with van der Waals surface area (Å²) in [7, 11) is 0. The second-order valence-electron chi connectivity index (χ2n) is 4.28. The number of carboxylic acids is 1. The van der Waals surface area contributed by atoms with E-state index >= 15 is 0 Å². The number of hydrogen-bond acceptors (Lipinski definition) is 5. The number of carboxylic acid groups (broad SMARTS) is 1. The monoisotopic (exact) mass is 265 g/mol. The van der Waals surface area contributed by atoms with Crippen LogP contribution in [-0.4, -0.2) is 26.2 Å². The first-order valence-electron chi connectivity index (χ1n) is 5.71. The molecule has 2 heterocycles. The quantitative estimate of drug-likeness (QED) is 0.888. The Balaban J connectivity index is 2.06. The summed E-state index contributed by atoms with van der Waals surface area (Å²) in [6, 6.07) is 2.70. The minimum atomic E-state index is -0.868. The third-order valence-corrected chi connectivity index (χ3v) is 2.47. The number of halogens is 1. The topological polar surface area (TPSA) is 89.1 Å². The van der Waals surface area contributed by atoms with E-state index in [1.165, 1.54) is 12.1 Å². The van der Waals surface area contributed by atoms with Gasteiger partial charge >= 0.3 is 5.97 Å². The third kappa shape index (κ3) is 3.57. The Hall–Kier alpha value is -2.31. The fourth-order valence-electron chi connectivity index (χ4n) is 1.62. The Labute approximate surface area is 108 Å². The van der Waals surface area contributed by atoms with Gasteiger partial charge in [0, 0.05) is 12.8 Å². The molecule has 1 N–H and O–H groups in total. The Kier molecular flexibility index (Phi) is 3.84. The van der Waals surface area contributed by atoms with Gasteiger partial charge < -0.3 is 9.63 Å². The summed E-state index contributed by atoms with van der Waals surface area (Å²) in [6.45, 7) is 1.79. The van der Waals surface area contributed by atoms with Crippen LogP contribution >= 0.6 is 0 Å². The number of aromatic nitrogens is 3. The molecule has 1 atom stereocenters. The van der Waals surface area contributed by atoms with E-state index in [0.717, 1.165) is 6.20 Å². The highest BCUT2D eigenvalue weighted by molar-refractivity contribution is 5.66. The van der Waals surface area contributed by atoms with Gasteiger partial charge in [0.05, 0.1) is 6.20 Å². The normalized spacial score (nSPS) is 12.3. The summed E-state index contributed by atoms with van der Waals surface area (Å²) < 4.78 is 17.7. The highest BCUT2D eigenvalue weighted by Gasteiger charge is 2.15. The van der Waals surface area contributed by atoms with Gasteiger partial charge in [-0.15, -0.1) is 0 Å². The maximum absolute atomic E-state index is 12.7. The number of aliphatic carboxylic acids is 1. The molecule has 6 nitrogen and oxygen atoms in total. The van der Waals surface area contributed by atoms with E-state index in [1.54, 1.807) is 6.92 Å². The van der Waals surface area contributed by atoms with Crippen LogP contribution in [-0.2, 0) is 11.2 Å². The van der Waals surface area contributed by atoms with Crippen LogP contribution in [0.25, 0.3) is 11.5 Å². The van der Waals surface area contributed by atoms with Crippen molar-refractivity contribution >= 4 is 5.97 Å². The van der Waals surface area contributed by atoms with Crippen LogP contribution in [0.1, 0.15) is 19.2 Å². The van der Waals surface area contributed by atoms with Gasteiger partial charge in [-0.2, -0.15) is 4.98 Å². The Morgan fingerprint density at radius 1 is 1.53 bits per heavy atom. The number of hydrogen-bond donors (Lipinski definition) is 1. The molecule has 2 rings (SSSR count). The SMILES string of the molecule is CC(CC(=O)O)Cc1nc(-c2ccc(F)cn2)no1. The lowest BCUT2D eigenvalue weighted by Gasteiger charge is -2.03. The van der Waals surface area contributed by atoms with E-state index in [9.17, 15) is 9.18 Å². The minimum Gasteiger partial charge on any atom is -0.481 e. The van der Waals surface area contributed by atoms with Crippen molar-refractivity contribution in [3.8, 4) is 11.5 Å². The zero-order valence-corrected chi connectivity index (χ0v) is 10.2. The molecule has 1 unspecified atom stereocenters. The summed E-state index contributed by atoms with van der Waals surface area (Å²) in [5.41, 5.74) is 0.405. The summed E-state index contributed by atoms with van der Waals surface area (Å²) in [6.07, 6.45) is 1.48. The molecule has 0 radical (unpaired) electrons. The second kappa shape index (κ2) is 5.55. The van der Waals surface area contributed by atoms with Gasteiger partial charge in [0.1, 0.15) is 11.5 Å². The van der Waals surface area contributed by atoms with E-state index in [4.69, 9.17) is 9.63 Å². The molecule has 0 aliphatic heterocycles. The Morgan fingerprint density at radius 2 is 2.32 bits per heavy atom. The van der Waals surface area contributed by atoms with Gasteiger partial charge in [0.2, 0.25) is 11.7 Å². The third-order valence-electron chi connectivity index (χ3n) is 2.47. The molecule has 100 valence electrons. The molecule has 2 aromatic rings. The van der Waals surface area contributed by atoms with Crippen molar-refractivity contribution in [3.63, 3.8) is 0 Å². The molecule has 0 aliphatic rings. The lowest BCUT2D eigenvalue weighted by molar-refractivity contribution is -0.137. The second-order valence-corrected chi connectivity index (χ2v) is 4.28. The van der Waals surface area contributed by atoms with E-state index in [0.29, 0.717) is 18.0 Å². The van der Waals surface area contributed by atoms with Crippen molar-refractivity contribution in [1.82, 2.24) is 15.1 Å². The average Bonchev–Trinajstić information content (AvgIpc) is 2.77. The van der Waals surface area contributed by atoms with Crippen molar-refractivity contribution in [3.05, 3.63) is 30.0 Å². The predicted molar refractivity (Wildman–Crippen MR) is 62.6 cm³/mol. The molecule has 0 saturated carbocycles. The zero-order valence-electron chi connectivity index (χ0n) is 10.2. The maximum Gasteiger partial charge on any atom is 0.303 e. The van der Waals surface area contributed by atoms with Gasteiger partial charge in [-0.25, -0.2) is 9.37 Å². The van der Waals surface area contributed by atoms with Gasteiger partial charge in [0.15, 0.2) is 0 Å². The molecule has 0 bridgehead atoms. The van der Waals surface area contributed by atoms with Crippen molar-refractivity contribution in [1.29, 1.82) is 0 Å². The molecule has 0 spiro atoms. The number of carbonyl (C=O) groups is 1. The first-order valence-corrected chi connectivity index (χ1v) is 5.71. The zero-order chi connectivity index (χ0) is 13.8. The summed E-state index contributed by atoms with van der Waals surface area (Å²) in [5, 5.41) is 12.4. The van der Waals surface area contributed by atoms with Crippen LogP contribution in [0, 0.1) is 11.7 Å². The first-order chi connectivity index (χ1) is 9.04. The van der Waals surface area contributed by atoms with E-state index in [2.05, 4.69) is 15.1 Å². The summed E-state index contributed by atoms with van der Waals surface area (Å²) in [4.78, 5) is 18.5. The van der Waals surface area contributed by atoms with E-state index in [1.807, 2.05) is 0 Å². The van der Waals surface area contributed by atoms with Crippen molar-refractivity contribution < 1.29 is 18.8 Å². The Morgan fingerprint density at radius 3 is 2.95 bits per heavy atom. The molecular formula is C12H12FN3O3. The van der Waals surface area contributed by atoms with Crippen LogP contribution in [0.3, 0.4) is 0 Å². The number of nitrogens with zero attached hydrogens (tertiary/aromatic N) is 3. The van der Waals surface area contributed by atoms with Gasteiger partial charge in [-0.3, -0.25) is 4.79 Å². The standard InChI is InChI=1S/C12H12FN3O3/c1-7(5-11(17)18)4-10-15-12(16-19-10)9-3-2-8(13)6-14-9/h2-3,6-7H,4-5H2,1H3,(H,17,18). The van der Waals surface area contributed by atoms with Crippen LogP contribution in [0.5, 0.6) is 0 Å². The average molecular weight is 265 g/mol. The molecular weight excluding hydrogens is 253 g/mol. The maximum atomic E-state index is 12.7. The first kappa shape index (κ1) is 13.1.